The summed E-state index contributed by atoms with van der Waals surface area (Å²) in [5.74, 6) is 1.48. The van der Waals surface area contributed by atoms with Crippen molar-refractivity contribution in [3.63, 3.8) is 0 Å². The molecule has 0 aromatic heterocycles. The van der Waals surface area contributed by atoms with Gasteiger partial charge in [0.2, 0.25) is 0 Å². The van der Waals surface area contributed by atoms with Gasteiger partial charge in [-0.3, -0.25) is 4.79 Å². The van der Waals surface area contributed by atoms with Crippen molar-refractivity contribution >= 4 is 46.1 Å². The molecule has 5 heteroatoms. The number of fused-ring (bicyclic) bond motifs is 1. The van der Waals surface area contributed by atoms with E-state index in [0.29, 0.717) is 36.2 Å². The number of ether oxygens (including phenoxy) is 2. The van der Waals surface area contributed by atoms with E-state index in [1.165, 1.54) is 0 Å². The van der Waals surface area contributed by atoms with Gasteiger partial charge >= 0.3 is 0 Å². The molecule has 3 nitrogen and oxygen atoms in total. The predicted molar refractivity (Wildman–Crippen MR) is 129 cm³/mol. The summed E-state index contributed by atoms with van der Waals surface area (Å²) in [7, 11) is 0. The fraction of sp³-hybridized carbons (Fsp3) is 0.160. The van der Waals surface area contributed by atoms with Crippen molar-refractivity contribution in [1.82, 2.24) is 0 Å². The van der Waals surface area contributed by atoms with Crippen molar-refractivity contribution in [2.45, 2.75) is 20.0 Å². The van der Waals surface area contributed by atoms with Gasteiger partial charge in [-0.2, -0.15) is 0 Å². The maximum Gasteiger partial charge on any atom is 0.189 e. The number of carbonyl (C=O) groups is 1. The van der Waals surface area contributed by atoms with E-state index < -0.39 is 0 Å². The lowest BCUT2D eigenvalue weighted by Gasteiger charge is -2.15. The molecule has 0 saturated carbocycles. The van der Waals surface area contributed by atoms with Gasteiger partial charge in [0.15, 0.2) is 17.3 Å². The first-order valence-electron chi connectivity index (χ1n) is 9.72. The average Bonchev–Trinajstić information content (AvgIpc) is 3.04. The molecule has 0 aliphatic heterocycles. The summed E-state index contributed by atoms with van der Waals surface area (Å²) < 4.78 is 12.9. The Morgan fingerprint density at radius 1 is 1.07 bits per heavy atom. The van der Waals surface area contributed by atoms with Gasteiger partial charge in [-0.25, -0.2) is 0 Å². The van der Waals surface area contributed by atoms with Crippen LogP contribution in [0.3, 0.4) is 0 Å². The molecule has 0 saturated heterocycles. The molecule has 0 heterocycles. The Kier molecular flexibility index (Phi) is 6.44. The number of allylic oxidation sites excluding steroid dienone is 1. The third-order valence-corrected chi connectivity index (χ3v) is 5.96. The SMILES string of the molecule is CCOc1cc(/C=C2\Cc3ccccc3C2=O)cc(I)c1OCc1ccc(Cl)cc1. The van der Waals surface area contributed by atoms with E-state index in [2.05, 4.69) is 22.6 Å². The van der Waals surface area contributed by atoms with Crippen LogP contribution in [0.5, 0.6) is 11.5 Å². The Balaban J connectivity index is 1.60. The predicted octanol–water partition coefficient (Wildman–Crippen LogP) is 6.74. The summed E-state index contributed by atoms with van der Waals surface area (Å²) in [5, 5.41) is 0.698. The first kappa shape index (κ1) is 20.9. The standard InChI is InChI=1S/C25H20ClIO3/c1-2-29-23-13-17(11-19-14-18-5-3-4-6-21(18)24(19)28)12-22(27)25(23)30-15-16-7-9-20(26)10-8-16/h3-13H,2,14-15H2,1H3/b19-11+. The van der Waals surface area contributed by atoms with Crippen molar-refractivity contribution in [2.24, 2.45) is 0 Å². The molecular formula is C25H20ClIO3. The zero-order valence-electron chi connectivity index (χ0n) is 16.5. The molecule has 0 unspecified atom stereocenters. The first-order chi connectivity index (χ1) is 14.5. The second kappa shape index (κ2) is 9.23. The number of ketones is 1. The molecule has 0 atom stereocenters. The lowest BCUT2D eigenvalue weighted by molar-refractivity contribution is 0.104. The number of Topliss-reactive ketones (excluding diaryl/α,β-unsaturated/α-hetero) is 1. The maximum atomic E-state index is 12.7. The lowest BCUT2D eigenvalue weighted by Crippen LogP contribution is -2.02. The number of rotatable bonds is 6. The van der Waals surface area contributed by atoms with Crippen molar-refractivity contribution in [3.8, 4) is 11.5 Å². The highest BCUT2D eigenvalue weighted by atomic mass is 127. The Bertz CT molecular complexity index is 1120. The van der Waals surface area contributed by atoms with Crippen LogP contribution in [0.15, 0.2) is 66.2 Å². The largest absolute Gasteiger partial charge is 0.490 e. The van der Waals surface area contributed by atoms with E-state index in [9.17, 15) is 4.79 Å². The fourth-order valence-corrected chi connectivity index (χ4v) is 4.39. The minimum absolute atomic E-state index is 0.0987. The van der Waals surface area contributed by atoms with Gasteiger partial charge in [-0.15, -0.1) is 0 Å². The Labute approximate surface area is 194 Å². The van der Waals surface area contributed by atoms with Crippen LogP contribution < -0.4 is 9.47 Å². The van der Waals surface area contributed by atoms with E-state index in [0.717, 1.165) is 31.4 Å². The maximum absolute atomic E-state index is 12.7. The summed E-state index contributed by atoms with van der Waals surface area (Å²) in [6, 6.07) is 19.3. The molecule has 1 aliphatic rings. The zero-order chi connectivity index (χ0) is 21.1. The first-order valence-corrected chi connectivity index (χ1v) is 11.2. The molecule has 0 N–H and O–H groups in total. The van der Waals surface area contributed by atoms with E-state index in [1.54, 1.807) is 0 Å². The normalized spacial score (nSPS) is 14.1. The van der Waals surface area contributed by atoms with Gasteiger partial charge in [-0.05, 0) is 76.5 Å². The van der Waals surface area contributed by atoms with Gasteiger partial charge in [0, 0.05) is 22.6 Å². The van der Waals surface area contributed by atoms with E-state index in [-0.39, 0.29) is 5.78 Å². The topological polar surface area (TPSA) is 35.5 Å². The monoisotopic (exact) mass is 530 g/mol. The van der Waals surface area contributed by atoms with Gasteiger partial charge in [0.1, 0.15) is 6.61 Å². The third kappa shape index (κ3) is 4.55. The highest BCUT2D eigenvalue weighted by Crippen LogP contribution is 2.36. The van der Waals surface area contributed by atoms with Crippen LogP contribution >= 0.6 is 34.2 Å². The molecule has 3 aromatic carbocycles. The van der Waals surface area contributed by atoms with Crippen LogP contribution in [-0.2, 0) is 13.0 Å². The zero-order valence-corrected chi connectivity index (χ0v) is 19.4. The lowest BCUT2D eigenvalue weighted by atomic mass is 10.1. The number of carbonyl (C=O) groups excluding carboxylic acids is 1. The minimum Gasteiger partial charge on any atom is -0.490 e. The van der Waals surface area contributed by atoms with E-state index in [4.69, 9.17) is 21.1 Å². The summed E-state index contributed by atoms with van der Waals surface area (Å²) in [6.45, 7) is 2.89. The van der Waals surface area contributed by atoms with Crippen molar-refractivity contribution in [3.05, 3.63) is 97.1 Å². The van der Waals surface area contributed by atoms with Crippen LogP contribution in [0.25, 0.3) is 6.08 Å². The number of benzene rings is 3. The number of hydrogen-bond donors (Lipinski definition) is 0. The molecule has 3 aromatic rings. The van der Waals surface area contributed by atoms with Gasteiger partial charge < -0.3 is 9.47 Å². The van der Waals surface area contributed by atoms with Crippen molar-refractivity contribution < 1.29 is 14.3 Å². The molecule has 4 rings (SSSR count). The van der Waals surface area contributed by atoms with Crippen molar-refractivity contribution in [1.29, 1.82) is 0 Å². The highest BCUT2D eigenvalue weighted by molar-refractivity contribution is 14.1. The minimum atomic E-state index is 0.0987. The second-order valence-corrected chi connectivity index (χ2v) is 8.61. The van der Waals surface area contributed by atoms with E-state index in [1.807, 2.05) is 73.7 Å². The average molecular weight is 531 g/mol. The molecule has 0 amide bonds. The molecule has 0 spiro atoms. The molecule has 1 aliphatic carbocycles. The van der Waals surface area contributed by atoms with E-state index >= 15 is 0 Å². The smallest absolute Gasteiger partial charge is 0.189 e. The molecule has 152 valence electrons. The number of halogens is 2. The molecule has 0 bridgehead atoms. The van der Waals surface area contributed by atoms with Gasteiger partial charge in [0.25, 0.3) is 0 Å². The van der Waals surface area contributed by atoms with Crippen LogP contribution in [0, 0.1) is 3.57 Å². The van der Waals surface area contributed by atoms with Crippen LogP contribution in [0.2, 0.25) is 5.02 Å². The Hall–Kier alpha value is -2.31. The summed E-state index contributed by atoms with van der Waals surface area (Å²) in [4.78, 5) is 12.7. The van der Waals surface area contributed by atoms with Crippen LogP contribution in [-0.4, -0.2) is 12.4 Å². The quantitative estimate of drug-likeness (QED) is 0.261. The second-order valence-electron chi connectivity index (χ2n) is 7.01. The molecule has 0 fully saturated rings. The van der Waals surface area contributed by atoms with Gasteiger partial charge in [0.05, 0.1) is 10.2 Å². The highest BCUT2D eigenvalue weighted by Gasteiger charge is 2.24. The van der Waals surface area contributed by atoms with Crippen LogP contribution in [0.4, 0.5) is 0 Å². The fourth-order valence-electron chi connectivity index (χ4n) is 3.48. The number of hydrogen-bond acceptors (Lipinski definition) is 3. The summed E-state index contributed by atoms with van der Waals surface area (Å²) in [6.07, 6.45) is 2.61. The molecule has 0 radical (unpaired) electrons. The summed E-state index contributed by atoms with van der Waals surface area (Å²) in [5.41, 5.74) is 4.63. The Morgan fingerprint density at radius 3 is 2.57 bits per heavy atom. The third-order valence-electron chi connectivity index (χ3n) is 4.90. The molecule has 30 heavy (non-hydrogen) atoms. The van der Waals surface area contributed by atoms with Crippen LogP contribution in [0.1, 0.15) is 34.0 Å². The summed E-state index contributed by atoms with van der Waals surface area (Å²) >= 11 is 8.21. The van der Waals surface area contributed by atoms with Gasteiger partial charge in [-0.1, -0.05) is 48.0 Å². The Morgan fingerprint density at radius 2 is 1.83 bits per heavy atom. The van der Waals surface area contributed by atoms with Crippen molar-refractivity contribution in [2.75, 3.05) is 6.61 Å². The molecular weight excluding hydrogens is 511 g/mol.